The maximum absolute atomic E-state index is 10.7. The summed E-state index contributed by atoms with van der Waals surface area (Å²) in [7, 11) is 0. The molecule has 8 nitrogen and oxygen atoms in total. The third-order valence-electron chi connectivity index (χ3n) is 4.35. The molecule has 0 amide bonds. The van der Waals surface area contributed by atoms with Gasteiger partial charge >= 0.3 is 0 Å². The van der Waals surface area contributed by atoms with Gasteiger partial charge in [0, 0.05) is 25.3 Å². The van der Waals surface area contributed by atoms with Gasteiger partial charge in [-0.3, -0.25) is 10.1 Å². The van der Waals surface area contributed by atoms with Crippen LogP contribution in [-0.2, 0) is 17.8 Å². The van der Waals surface area contributed by atoms with Crippen LogP contribution in [0.3, 0.4) is 0 Å². The molecule has 0 spiro atoms. The number of ether oxygens (including phenoxy) is 1. The van der Waals surface area contributed by atoms with Gasteiger partial charge in [-0.25, -0.2) is 4.99 Å². The van der Waals surface area contributed by atoms with Crippen molar-refractivity contribution in [2.24, 2.45) is 4.99 Å². The van der Waals surface area contributed by atoms with E-state index in [1.165, 1.54) is 18.6 Å². The highest BCUT2D eigenvalue weighted by molar-refractivity contribution is 5.79. The van der Waals surface area contributed by atoms with Crippen molar-refractivity contribution in [3.05, 3.63) is 64.1 Å². The molecule has 0 radical (unpaired) electrons. The van der Waals surface area contributed by atoms with E-state index in [2.05, 4.69) is 15.6 Å². The van der Waals surface area contributed by atoms with E-state index in [-0.39, 0.29) is 11.8 Å². The van der Waals surface area contributed by atoms with E-state index in [0.717, 1.165) is 30.8 Å². The maximum atomic E-state index is 10.7. The van der Waals surface area contributed by atoms with Crippen LogP contribution in [0, 0.1) is 10.1 Å². The molecule has 3 rings (SSSR count). The van der Waals surface area contributed by atoms with E-state index in [1.807, 2.05) is 12.1 Å². The fraction of sp³-hybridized carbons (Fsp3) is 0.421. The number of rotatable bonds is 7. The van der Waals surface area contributed by atoms with Crippen LogP contribution >= 0.6 is 0 Å². The molecule has 1 aliphatic heterocycles. The second kappa shape index (κ2) is 9.72. The van der Waals surface area contributed by atoms with E-state index in [4.69, 9.17) is 9.15 Å². The number of nitrogens with one attached hydrogen (secondary N) is 2. The average molecular weight is 372 g/mol. The van der Waals surface area contributed by atoms with Gasteiger partial charge in [0.2, 0.25) is 0 Å². The number of hydrogen-bond donors (Lipinski definition) is 2. The van der Waals surface area contributed by atoms with Gasteiger partial charge in [0.15, 0.2) is 5.96 Å². The lowest BCUT2D eigenvalue weighted by Crippen LogP contribution is -2.42. The van der Waals surface area contributed by atoms with Crippen LogP contribution in [0.1, 0.15) is 30.6 Å². The molecule has 2 aromatic rings. The van der Waals surface area contributed by atoms with Crippen molar-refractivity contribution < 1.29 is 14.1 Å². The van der Waals surface area contributed by atoms with Crippen LogP contribution in [0.25, 0.3) is 0 Å². The molecule has 1 aromatic carbocycles. The quantitative estimate of drug-likeness (QED) is 0.335. The highest BCUT2D eigenvalue weighted by Gasteiger charge is 2.14. The maximum Gasteiger partial charge on any atom is 0.269 e. The Labute approximate surface area is 157 Å². The van der Waals surface area contributed by atoms with Crippen molar-refractivity contribution in [2.75, 3.05) is 13.2 Å². The number of benzene rings is 1. The molecule has 1 aromatic heterocycles. The highest BCUT2D eigenvalue weighted by atomic mass is 16.6. The van der Waals surface area contributed by atoms with Gasteiger partial charge in [0.1, 0.15) is 5.76 Å². The molecule has 1 fully saturated rings. The lowest BCUT2D eigenvalue weighted by atomic mass is 10.1. The summed E-state index contributed by atoms with van der Waals surface area (Å²) < 4.78 is 11.1. The summed E-state index contributed by atoms with van der Waals surface area (Å²) in [5.41, 5.74) is 0.972. The van der Waals surface area contributed by atoms with Gasteiger partial charge in [0.25, 0.3) is 5.69 Å². The second-order valence-electron chi connectivity index (χ2n) is 6.39. The van der Waals surface area contributed by atoms with Crippen molar-refractivity contribution in [1.82, 2.24) is 10.6 Å². The van der Waals surface area contributed by atoms with Crippen LogP contribution in [-0.4, -0.2) is 30.1 Å². The fourth-order valence-electron chi connectivity index (χ4n) is 2.83. The molecule has 1 saturated heterocycles. The van der Waals surface area contributed by atoms with Crippen LogP contribution in [0.5, 0.6) is 0 Å². The average Bonchev–Trinajstić information content (AvgIpc) is 3.22. The molecule has 2 N–H and O–H groups in total. The monoisotopic (exact) mass is 372 g/mol. The molecule has 1 aliphatic rings. The third kappa shape index (κ3) is 6.10. The van der Waals surface area contributed by atoms with Crippen molar-refractivity contribution >= 4 is 11.6 Å². The van der Waals surface area contributed by atoms with Crippen molar-refractivity contribution in [1.29, 1.82) is 0 Å². The Morgan fingerprint density at radius 2 is 2.07 bits per heavy atom. The Balaban J connectivity index is 1.59. The summed E-state index contributed by atoms with van der Waals surface area (Å²) in [5.74, 6) is 1.47. The first kappa shape index (κ1) is 18.9. The zero-order valence-electron chi connectivity index (χ0n) is 15.1. The molecule has 0 saturated carbocycles. The van der Waals surface area contributed by atoms with E-state index in [0.29, 0.717) is 25.6 Å². The highest BCUT2D eigenvalue weighted by Crippen LogP contribution is 2.13. The van der Waals surface area contributed by atoms with Crippen LogP contribution < -0.4 is 10.6 Å². The van der Waals surface area contributed by atoms with Crippen molar-refractivity contribution in [2.45, 2.75) is 38.5 Å². The zero-order chi connectivity index (χ0) is 18.9. The lowest BCUT2D eigenvalue weighted by Gasteiger charge is -2.23. The van der Waals surface area contributed by atoms with E-state index in [1.54, 1.807) is 18.4 Å². The molecule has 1 atom stereocenters. The Bertz CT molecular complexity index is 738. The number of nitro groups is 1. The molecule has 1 unspecified atom stereocenters. The second-order valence-corrected chi connectivity index (χ2v) is 6.39. The van der Waals surface area contributed by atoms with Crippen LogP contribution in [0.4, 0.5) is 5.69 Å². The normalized spacial score (nSPS) is 17.5. The Morgan fingerprint density at radius 1 is 1.22 bits per heavy atom. The molecule has 8 heteroatoms. The Hall–Kier alpha value is -2.87. The van der Waals surface area contributed by atoms with E-state index >= 15 is 0 Å². The SMILES string of the molecule is O=[N+]([O-])c1ccc(CN=C(NCc2ccco2)NCC2CCCCO2)cc1. The van der Waals surface area contributed by atoms with Crippen LogP contribution in [0.15, 0.2) is 52.1 Å². The summed E-state index contributed by atoms with van der Waals surface area (Å²) in [6.07, 6.45) is 5.17. The predicted molar refractivity (Wildman–Crippen MR) is 101 cm³/mol. The van der Waals surface area contributed by atoms with Gasteiger partial charge in [-0.2, -0.15) is 0 Å². The number of guanidine groups is 1. The summed E-state index contributed by atoms with van der Waals surface area (Å²) in [6, 6.07) is 10.2. The van der Waals surface area contributed by atoms with Crippen LogP contribution in [0.2, 0.25) is 0 Å². The van der Waals surface area contributed by atoms with Gasteiger partial charge in [-0.1, -0.05) is 12.1 Å². The minimum absolute atomic E-state index is 0.0754. The number of non-ortho nitro benzene ring substituents is 1. The van der Waals surface area contributed by atoms with E-state index in [9.17, 15) is 10.1 Å². The third-order valence-corrected chi connectivity index (χ3v) is 4.35. The van der Waals surface area contributed by atoms with Gasteiger partial charge < -0.3 is 19.8 Å². The molecule has 27 heavy (non-hydrogen) atoms. The number of hydrogen-bond acceptors (Lipinski definition) is 5. The number of nitrogens with zero attached hydrogens (tertiary/aromatic N) is 2. The zero-order valence-corrected chi connectivity index (χ0v) is 15.1. The number of nitro benzene ring substituents is 1. The minimum Gasteiger partial charge on any atom is -0.467 e. The van der Waals surface area contributed by atoms with E-state index < -0.39 is 4.92 Å². The lowest BCUT2D eigenvalue weighted by molar-refractivity contribution is -0.384. The van der Waals surface area contributed by atoms with Crippen molar-refractivity contribution in [3.63, 3.8) is 0 Å². The first-order valence-electron chi connectivity index (χ1n) is 9.10. The summed E-state index contributed by atoms with van der Waals surface area (Å²) in [6.45, 7) is 2.42. The van der Waals surface area contributed by atoms with Gasteiger partial charge in [-0.05, 0) is 37.0 Å². The smallest absolute Gasteiger partial charge is 0.269 e. The molecule has 144 valence electrons. The molecule has 2 heterocycles. The first-order chi connectivity index (χ1) is 13.2. The van der Waals surface area contributed by atoms with Gasteiger partial charge in [-0.15, -0.1) is 0 Å². The summed E-state index contributed by atoms with van der Waals surface area (Å²) in [5, 5.41) is 17.3. The molecular formula is C19H24N4O4. The molecular weight excluding hydrogens is 348 g/mol. The van der Waals surface area contributed by atoms with Crippen molar-refractivity contribution in [3.8, 4) is 0 Å². The number of furan rings is 1. The number of aliphatic imine (C=N–C) groups is 1. The first-order valence-corrected chi connectivity index (χ1v) is 9.10. The fourth-order valence-corrected chi connectivity index (χ4v) is 2.83. The summed E-state index contributed by atoms with van der Waals surface area (Å²) >= 11 is 0. The Morgan fingerprint density at radius 3 is 2.74 bits per heavy atom. The minimum atomic E-state index is -0.408. The largest absolute Gasteiger partial charge is 0.467 e. The molecule has 0 aliphatic carbocycles. The van der Waals surface area contributed by atoms with Gasteiger partial charge in [0.05, 0.1) is 30.4 Å². The summed E-state index contributed by atoms with van der Waals surface area (Å²) in [4.78, 5) is 14.9. The predicted octanol–water partition coefficient (Wildman–Crippen LogP) is 2.99. The standard InChI is InChI=1S/C19H24N4O4/c24-23(25)16-8-6-15(7-9-16)12-20-19(22-14-18-5-3-11-27-18)21-13-17-4-1-2-10-26-17/h3,5-9,11,17H,1-2,4,10,12-14H2,(H2,20,21,22). The topological polar surface area (TPSA) is 102 Å². The Kier molecular flexibility index (Phi) is 6.81. The molecule has 0 bridgehead atoms.